The number of hydrogen-bond acceptors (Lipinski definition) is 6. The number of hydrogen-bond donors (Lipinski definition) is 1. The summed E-state index contributed by atoms with van der Waals surface area (Å²) < 4.78 is 10.9. The van der Waals surface area contributed by atoms with Crippen LogP contribution in [0, 0.1) is 5.92 Å². The van der Waals surface area contributed by atoms with E-state index >= 15 is 0 Å². The molecule has 7 heteroatoms. The van der Waals surface area contributed by atoms with Crippen LogP contribution in [-0.2, 0) is 4.74 Å². The van der Waals surface area contributed by atoms with E-state index in [1.165, 1.54) is 0 Å². The van der Waals surface area contributed by atoms with E-state index in [0.29, 0.717) is 19.1 Å². The second-order valence-corrected chi connectivity index (χ2v) is 7.77. The molecule has 0 radical (unpaired) electrons. The minimum absolute atomic E-state index is 0.357. The molecule has 1 amide bonds. The van der Waals surface area contributed by atoms with Gasteiger partial charge < -0.3 is 19.7 Å². The Bertz CT molecular complexity index is 797. The van der Waals surface area contributed by atoms with Crippen molar-refractivity contribution in [1.82, 2.24) is 15.3 Å². The molecule has 1 aliphatic heterocycles. The lowest BCUT2D eigenvalue weighted by atomic mass is 9.96. The number of carbonyl (C=O) groups is 1. The molecule has 1 saturated heterocycles. The number of rotatable bonds is 6. The molecule has 0 bridgehead atoms. The first kappa shape index (κ1) is 19.2. The lowest BCUT2D eigenvalue weighted by Crippen LogP contribution is -2.48. The fourth-order valence-electron chi connectivity index (χ4n) is 3.19. The number of carbonyl (C=O) groups excluding carboxylic acids is 1. The van der Waals surface area contributed by atoms with Gasteiger partial charge in [0.05, 0.1) is 6.61 Å². The molecule has 0 spiro atoms. The van der Waals surface area contributed by atoms with E-state index in [9.17, 15) is 4.79 Å². The van der Waals surface area contributed by atoms with Crippen LogP contribution in [0.5, 0.6) is 5.75 Å². The van der Waals surface area contributed by atoms with Crippen molar-refractivity contribution in [3.8, 4) is 5.75 Å². The third-order valence-corrected chi connectivity index (χ3v) is 4.38. The zero-order chi connectivity index (χ0) is 19.4. The van der Waals surface area contributed by atoms with Gasteiger partial charge in [0, 0.05) is 25.0 Å². The monoisotopic (exact) mass is 372 g/mol. The van der Waals surface area contributed by atoms with Crippen LogP contribution >= 0.6 is 0 Å². The maximum absolute atomic E-state index is 11.7. The molecule has 1 fully saturated rings. The van der Waals surface area contributed by atoms with E-state index in [1.807, 2.05) is 45.9 Å². The number of anilines is 1. The molecule has 1 aliphatic rings. The van der Waals surface area contributed by atoms with Crippen LogP contribution in [0.1, 0.15) is 34.1 Å². The average molecular weight is 372 g/mol. The highest BCUT2D eigenvalue weighted by atomic mass is 16.6. The molecule has 146 valence electrons. The summed E-state index contributed by atoms with van der Waals surface area (Å²) in [4.78, 5) is 22.8. The van der Waals surface area contributed by atoms with E-state index < -0.39 is 5.60 Å². The van der Waals surface area contributed by atoms with E-state index in [-0.39, 0.29) is 6.09 Å². The third-order valence-electron chi connectivity index (χ3n) is 4.38. The van der Waals surface area contributed by atoms with Gasteiger partial charge in [-0.25, -0.2) is 14.8 Å². The van der Waals surface area contributed by atoms with Crippen molar-refractivity contribution in [2.75, 3.05) is 31.1 Å². The van der Waals surface area contributed by atoms with Gasteiger partial charge in [0.2, 0.25) is 0 Å². The molecule has 0 saturated carbocycles. The molecule has 2 aromatic rings. The molecule has 7 nitrogen and oxygen atoms in total. The quantitative estimate of drug-likeness (QED) is 0.838. The SMILES string of the molecule is CCOc1cccc2c(N3CC(CCNC(=O)OC(C)(C)C)C3)ncnc12. The first-order chi connectivity index (χ1) is 12.9. The van der Waals surface area contributed by atoms with Gasteiger partial charge in [-0.2, -0.15) is 0 Å². The summed E-state index contributed by atoms with van der Waals surface area (Å²) in [6, 6.07) is 5.94. The fraction of sp³-hybridized carbons (Fsp3) is 0.550. The highest BCUT2D eigenvalue weighted by Crippen LogP contribution is 2.33. The summed E-state index contributed by atoms with van der Waals surface area (Å²) in [5.41, 5.74) is 0.380. The van der Waals surface area contributed by atoms with Gasteiger partial charge in [0.25, 0.3) is 0 Å². The Balaban J connectivity index is 1.54. The van der Waals surface area contributed by atoms with Crippen molar-refractivity contribution in [1.29, 1.82) is 0 Å². The van der Waals surface area contributed by atoms with Crippen molar-refractivity contribution in [2.24, 2.45) is 5.92 Å². The fourth-order valence-corrected chi connectivity index (χ4v) is 3.19. The third kappa shape index (κ3) is 4.78. The number of alkyl carbamates (subject to hydrolysis) is 1. The van der Waals surface area contributed by atoms with Crippen molar-refractivity contribution >= 4 is 22.8 Å². The van der Waals surface area contributed by atoms with Crippen LogP contribution in [0.3, 0.4) is 0 Å². The number of para-hydroxylation sites is 1. The van der Waals surface area contributed by atoms with Gasteiger partial charge in [-0.05, 0) is 52.2 Å². The van der Waals surface area contributed by atoms with Gasteiger partial charge in [-0.15, -0.1) is 0 Å². The number of benzene rings is 1. The number of aromatic nitrogens is 2. The first-order valence-electron chi connectivity index (χ1n) is 9.45. The van der Waals surface area contributed by atoms with Crippen LogP contribution in [0.4, 0.5) is 10.6 Å². The molecule has 27 heavy (non-hydrogen) atoms. The van der Waals surface area contributed by atoms with E-state index in [0.717, 1.165) is 42.0 Å². The second-order valence-electron chi connectivity index (χ2n) is 7.77. The molecule has 0 unspecified atom stereocenters. The molecule has 1 aromatic heterocycles. The average Bonchev–Trinajstić information content (AvgIpc) is 2.56. The summed E-state index contributed by atoms with van der Waals surface area (Å²) in [7, 11) is 0. The van der Waals surface area contributed by atoms with Crippen LogP contribution in [-0.4, -0.2) is 47.9 Å². The molecular weight excluding hydrogens is 344 g/mol. The summed E-state index contributed by atoms with van der Waals surface area (Å²) in [6.45, 7) is 10.6. The second kappa shape index (κ2) is 7.98. The lowest BCUT2D eigenvalue weighted by molar-refractivity contribution is 0.0524. The largest absolute Gasteiger partial charge is 0.492 e. The van der Waals surface area contributed by atoms with Crippen LogP contribution in [0.15, 0.2) is 24.5 Å². The van der Waals surface area contributed by atoms with Crippen molar-refractivity contribution < 1.29 is 14.3 Å². The first-order valence-corrected chi connectivity index (χ1v) is 9.45. The molecular formula is C20H28N4O3. The normalized spacial score (nSPS) is 14.7. The summed E-state index contributed by atoms with van der Waals surface area (Å²) in [5.74, 6) is 2.26. The Kier molecular flexibility index (Phi) is 5.68. The molecule has 0 atom stereocenters. The Morgan fingerprint density at radius 2 is 2.07 bits per heavy atom. The van der Waals surface area contributed by atoms with Gasteiger partial charge in [0.15, 0.2) is 0 Å². The minimum atomic E-state index is -0.467. The number of ether oxygens (including phenoxy) is 2. The van der Waals surface area contributed by atoms with E-state index in [2.05, 4.69) is 20.2 Å². The van der Waals surface area contributed by atoms with Crippen molar-refractivity contribution in [2.45, 2.75) is 39.7 Å². The molecule has 2 heterocycles. The van der Waals surface area contributed by atoms with E-state index in [1.54, 1.807) is 6.33 Å². The Hall–Kier alpha value is -2.57. The van der Waals surface area contributed by atoms with Gasteiger partial charge >= 0.3 is 6.09 Å². The lowest BCUT2D eigenvalue weighted by Gasteiger charge is -2.40. The topological polar surface area (TPSA) is 76.6 Å². The number of nitrogens with zero attached hydrogens (tertiary/aromatic N) is 3. The molecule has 3 rings (SSSR count). The maximum atomic E-state index is 11.7. The molecule has 1 N–H and O–H groups in total. The Morgan fingerprint density at radius 1 is 1.30 bits per heavy atom. The van der Waals surface area contributed by atoms with Crippen molar-refractivity contribution in [3.05, 3.63) is 24.5 Å². The van der Waals surface area contributed by atoms with Gasteiger partial charge in [-0.1, -0.05) is 6.07 Å². The predicted octanol–water partition coefficient (Wildman–Crippen LogP) is 3.38. The highest BCUT2D eigenvalue weighted by Gasteiger charge is 2.29. The minimum Gasteiger partial charge on any atom is -0.492 e. The summed E-state index contributed by atoms with van der Waals surface area (Å²) in [5, 5.41) is 3.83. The predicted molar refractivity (Wildman–Crippen MR) is 105 cm³/mol. The number of nitrogens with one attached hydrogen (secondary N) is 1. The standard InChI is InChI=1S/C20H28N4O3/c1-5-26-16-8-6-7-15-17(16)22-13-23-18(15)24-11-14(12-24)9-10-21-19(25)27-20(2,3)4/h6-8,13-14H,5,9-12H2,1-4H3,(H,21,25). The van der Waals surface area contributed by atoms with Crippen molar-refractivity contribution in [3.63, 3.8) is 0 Å². The van der Waals surface area contributed by atoms with Gasteiger partial charge in [0.1, 0.15) is 29.0 Å². The Labute approximate surface area is 160 Å². The maximum Gasteiger partial charge on any atom is 0.407 e. The highest BCUT2D eigenvalue weighted by molar-refractivity contribution is 5.93. The molecule has 1 aromatic carbocycles. The summed E-state index contributed by atoms with van der Waals surface area (Å²) >= 11 is 0. The summed E-state index contributed by atoms with van der Waals surface area (Å²) in [6.07, 6.45) is 2.16. The van der Waals surface area contributed by atoms with Crippen LogP contribution < -0.4 is 15.0 Å². The smallest absolute Gasteiger partial charge is 0.407 e. The molecule has 0 aliphatic carbocycles. The zero-order valence-corrected chi connectivity index (χ0v) is 16.5. The Morgan fingerprint density at radius 3 is 2.78 bits per heavy atom. The number of amides is 1. The number of fused-ring (bicyclic) bond motifs is 1. The zero-order valence-electron chi connectivity index (χ0n) is 16.5. The van der Waals surface area contributed by atoms with Crippen LogP contribution in [0.25, 0.3) is 10.9 Å². The van der Waals surface area contributed by atoms with Crippen LogP contribution in [0.2, 0.25) is 0 Å². The van der Waals surface area contributed by atoms with E-state index in [4.69, 9.17) is 9.47 Å². The van der Waals surface area contributed by atoms with Gasteiger partial charge in [-0.3, -0.25) is 0 Å².